The first-order valence-corrected chi connectivity index (χ1v) is 9.31. The van der Waals surface area contributed by atoms with E-state index in [1.807, 2.05) is 54.7 Å². The van der Waals surface area contributed by atoms with Crippen LogP contribution in [0.1, 0.15) is 0 Å². The van der Waals surface area contributed by atoms with E-state index in [0.717, 1.165) is 49.0 Å². The maximum Gasteiger partial charge on any atom is 0.229 e. The second-order valence-electron chi connectivity index (χ2n) is 6.63. The van der Waals surface area contributed by atoms with Crippen molar-refractivity contribution in [2.75, 3.05) is 41.3 Å². The Bertz CT molecular complexity index is 1060. The van der Waals surface area contributed by atoms with Crippen molar-refractivity contribution in [2.45, 2.75) is 0 Å². The van der Waals surface area contributed by atoms with Gasteiger partial charge in [0.25, 0.3) is 0 Å². The van der Waals surface area contributed by atoms with E-state index in [0.29, 0.717) is 11.6 Å². The zero-order valence-corrected chi connectivity index (χ0v) is 15.3. The van der Waals surface area contributed by atoms with Crippen molar-refractivity contribution in [3.63, 3.8) is 0 Å². The number of H-pyrrole nitrogens is 1. The van der Waals surface area contributed by atoms with E-state index in [4.69, 9.17) is 4.98 Å². The Hall–Kier alpha value is -3.68. The average molecular weight is 372 g/mol. The summed E-state index contributed by atoms with van der Waals surface area (Å²) < 4.78 is 0. The van der Waals surface area contributed by atoms with E-state index in [2.05, 4.69) is 35.1 Å². The topological polar surface area (TPSA) is 85.9 Å². The van der Waals surface area contributed by atoms with Gasteiger partial charge in [-0.25, -0.2) is 9.97 Å². The Morgan fingerprint density at radius 2 is 1.61 bits per heavy atom. The lowest BCUT2D eigenvalue weighted by molar-refractivity contribution is 0.636. The number of nitrogens with one attached hydrogen (secondary N) is 2. The molecule has 0 aliphatic carbocycles. The Morgan fingerprint density at radius 1 is 0.821 bits per heavy atom. The van der Waals surface area contributed by atoms with Gasteiger partial charge in [-0.15, -0.1) is 0 Å². The van der Waals surface area contributed by atoms with Crippen molar-refractivity contribution < 1.29 is 0 Å². The standard InChI is InChI=1S/C20H20N8/c1-2-6-15(7-3-1)24-19-17-18(23-14-22-17)25-20(26-19)28-12-10-27(11-13-28)16-8-4-5-9-21-16/h1-9,14H,10-13H2,(H2,22,23,24,25,26). The minimum atomic E-state index is 0.663. The van der Waals surface area contributed by atoms with Crippen LogP contribution in [0, 0.1) is 0 Å². The zero-order valence-electron chi connectivity index (χ0n) is 15.3. The van der Waals surface area contributed by atoms with Gasteiger partial charge in [-0.05, 0) is 24.3 Å². The number of benzene rings is 1. The minimum Gasteiger partial charge on any atom is -0.353 e. The summed E-state index contributed by atoms with van der Waals surface area (Å²) in [6.45, 7) is 3.41. The highest BCUT2D eigenvalue weighted by Gasteiger charge is 2.21. The molecule has 1 aliphatic heterocycles. The molecular weight excluding hydrogens is 352 g/mol. The van der Waals surface area contributed by atoms with Crippen LogP contribution in [0.15, 0.2) is 61.1 Å². The van der Waals surface area contributed by atoms with Crippen molar-refractivity contribution in [3.05, 3.63) is 61.1 Å². The molecule has 1 fully saturated rings. The Balaban J connectivity index is 1.39. The highest BCUT2D eigenvalue weighted by atomic mass is 15.3. The molecule has 0 spiro atoms. The SMILES string of the molecule is c1ccc(Nc2nc(N3CCN(c4ccccn4)CC3)nc3nc[nH]c23)cc1. The maximum atomic E-state index is 4.79. The van der Waals surface area contributed by atoms with Crippen molar-refractivity contribution in [1.29, 1.82) is 0 Å². The number of piperazine rings is 1. The van der Waals surface area contributed by atoms with Crippen LogP contribution >= 0.6 is 0 Å². The van der Waals surface area contributed by atoms with Gasteiger partial charge in [0.15, 0.2) is 11.5 Å². The van der Waals surface area contributed by atoms with Crippen LogP contribution in [-0.4, -0.2) is 51.1 Å². The molecule has 140 valence electrons. The van der Waals surface area contributed by atoms with Crippen molar-refractivity contribution in [1.82, 2.24) is 24.9 Å². The number of aromatic amines is 1. The van der Waals surface area contributed by atoms with Gasteiger partial charge in [-0.1, -0.05) is 24.3 Å². The first-order chi connectivity index (χ1) is 13.9. The molecule has 2 N–H and O–H groups in total. The summed E-state index contributed by atoms with van der Waals surface area (Å²) in [7, 11) is 0. The number of rotatable bonds is 4. The normalized spacial score (nSPS) is 14.4. The predicted octanol–water partition coefficient (Wildman–Crippen LogP) is 2.82. The Kier molecular flexibility index (Phi) is 4.21. The lowest BCUT2D eigenvalue weighted by atomic mass is 10.3. The second kappa shape index (κ2) is 7.15. The largest absolute Gasteiger partial charge is 0.353 e. The fraction of sp³-hybridized carbons (Fsp3) is 0.200. The van der Waals surface area contributed by atoms with Gasteiger partial charge >= 0.3 is 0 Å². The molecule has 0 amide bonds. The monoisotopic (exact) mass is 372 g/mol. The lowest BCUT2D eigenvalue weighted by Gasteiger charge is -2.35. The third-order valence-corrected chi connectivity index (χ3v) is 4.85. The second-order valence-corrected chi connectivity index (χ2v) is 6.63. The van der Waals surface area contributed by atoms with Crippen LogP contribution < -0.4 is 15.1 Å². The summed E-state index contributed by atoms with van der Waals surface area (Å²) in [5.74, 6) is 2.44. The number of nitrogens with zero attached hydrogens (tertiary/aromatic N) is 6. The fourth-order valence-corrected chi connectivity index (χ4v) is 3.39. The van der Waals surface area contributed by atoms with Gasteiger partial charge < -0.3 is 20.1 Å². The van der Waals surface area contributed by atoms with Crippen LogP contribution in [0.4, 0.5) is 23.3 Å². The first-order valence-electron chi connectivity index (χ1n) is 9.31. The number of imidazole rings is 1. The molecule has 8 nitrogen and oxygen atoms in total. The molecule has 4 heterocycles. The van der Waals surface area contributed by atoms with Crippen molar-refractivity contribution in [3.8, 4) is 0 Å². The van der Waals surface area contributed by atoms with Crippen molar-refractivity contribution >= 4 is 34.4 Å². The van der Waals surface area contributed by atoms with E-state index in [-0.39, 0.29) is 0 Å². The molecule has 1 aromatic carbocycles. The molecule has 3 aromatic heterocycles. The number of hydrogen-bond acceptors (Lipinski definition) is 7. The summed E-state index contributed by atoms with van der Waals surface area (Å²) in [4.78, 5) is 25.9. The number of para-hydroxylation sites is 1. The molecule has 1 aliphatic rings. The number of fused-ring (bicyclic) bond motifs is 1. The third kappa shape index (κ3) is 3.20. The summed E-state index contributed by atoms with van der Waals surface area (Å²) in [6, 6.07) is 16.0. The van der Waals surface area contributed by atoms with E-state index in [1.165, 1.54) is 0 Å². The third-order valence-electron chi connectivity index (χ3n) is 4.85. The quantitative estimate of drug-likeness (QED) is 0.570. The molecule has 5 rings (SSSR count). The first kappa shape index (κ1) is 16.5. The van der Waals surface area contributed by atoms with E-state index >= 15 is 0 Å². The molecule has 0 bridgehead atoms. The predicted molar refractivity (Wildman–Crippen MR) is 110 cm³/mol. The van der Waals surface area contributed by atoms with E-state index in [9.17, 15) is 0 Å². The molecule has 0 radical (unpaired) electrons. The van der Waals surface area contributed by atoms with Gasteiger partial charge in [0.1, 0.15) is 11.3 Å². The minimum absolute atomic E-state index is 0.663. The molecule has 8 heteroatoms. The van der Waals surface area contributed by atoms with Gasteiger partial charge in [-0.3, -0.25) is 0 Å². The van der Waals surface area contributed by atoms with Crippen LogP contribution in [0.5, 0.6) is 0 Å². The molecule has 1 saturated heterocycles. The van der Waals surface area contributed by atoms with Gasteiger partial charge in [-0.2, -0.15) is 9.97 Å². The number of hydrogen-bond donors (Lipinski definition) is 2. The molecule has 0 unspecified atom stereocenters. The summed E-state index contributed by atoms with van der Waals surface area (Å²) in [5, 5.41) is 3.38. The highest BCUT2D eigenvalue weighted by molar-refractivity contribution is 5.86. The van der Waals surface area contributed by atoms with Crippen LogP contribution in [0.2, 0.25) is 0 Å². The Morgan fingerprint density at radius 3 is 2.39 bits per heavy atom. The van der Waals surface area contributed by atoms with Gasteiger partial charge in [0.2, 0.25) is 5.95 Å². The van der Waals surface area contributed by atoms with E-state index < -0.39 is 0 Å². The fourth-order valence-electron chi connectivity index (χ4n) is 3.39. The Labute approximate surface area is 162 Å². The number of anilines is 4. The molecule has 0 saturated carbocycles. The van der Waals surface area contributed by atoms with Gasteiger partial charge in [0, 0.05) is 38.1 Å². The lowest BCUT2D eigenvalue weighted by Crippen LogP contribution is -2.47. The molecular formula is C20H20N8. The maximum absolute atomic E-state index is 4.79. The molecule has 4 aromatic rings. The van der Waals surface area contributed by atoms with Crippen molar-refractivity contribution in [2.24, 2.45) is 0 Å². The zero-order chi connectivity index (χ0) is 18.8. The highest BCUT2D eigenvalue weighted by Crippen LogP contribution is 2.25. The van der Waals surface area contributed by atoms with Crippen LogP contribution in [0.3, 0.4) is 0 Å². The smallest absolute Gasteiger partial charge is 0.229 e. The van der Waals surface area contributed by atoms with Crippen LogP contribution in [0.25, 0.3) is 11.2 Å². The summed E-state index contributed by atoms with van der Waals surface area (Å²) in [5.41, 5.74) is 2.44. The van der Waals surface area contributed by atoms with E-state index in [1.54, 1.807) is 6.33 Å². The molecule has 0 atom stereocenters. The number of aromatic nitrogens is 5. The summed E-state index contributed by atoms with van der Waals surface area (Å²) in [6.07, 6.45) is 3.48. The average Bonchev–Trinajstić information content (AvgIpc) is 3.24. The molecule has 28 heavy (non-hydrogen) atoms. The van der Waals surface area contributed by atoms with Crippen LogP contribution in [-0.2, 0) is 0 Å². The van der Waals surface area contributed by atoms with Gasteiger partial charge in [0.05, 0.1) is 6.33 Å². The number of pyridine rings is 1. The summed E-state index contributed by atoms with van der Waals surface area (Å²) >= 11 is 0.